The smallest absolute Gasteiger partial charge is 0.234 e. The van der Waals surface area contributed by atoms with E-state index in [4.69, 9.17) is 0 Å². The van der Waals surface area contributed by atoms with E-state index >= 15 is 0 Å². The van der Waals surface area contributed by atoms with Crippen molar-refractivity contribution in [1.29, 1.82) is 0 Å². The minimum atomic E-state index is -0.0480. The van der Waals surface area contributed by atoms with E-state index in [1.165, 1.54) is 17.3 Å². The summed E-state index contributed by atoms with van der Waals surface area (Å²) >= 11 is 1.51. The lowest BCUT2D eigenvalue weighted by Gasteiger charge is -2.06. The van der Waals surface area contributed by atoms with E-state index in [0.29, 0.717) is 11.3 Å². The summed E-state index contributed by atoms with van der Waals surface area (Å²) in [5.74, 6) is 0.273. The predicted octanol–water partition coefficient (Wildman–Crippen LogP) is 5.62. The number of carbonyl (C=O) groups is 2. The number of thioether (sulfide) groups is 1. The van der Waals surface area contributed by atoms with Gasteiger partial charge in [0.05, 0.1) is 5.75 Å². The highest BCUT2D eigenvalue weighted by atomic mass is 32.2. The molecule has 0 spiro atoms. The Morgan fingerprint density at radius 1 is 0.893 bits per heavy atom. The van der Waals surface area contributed by atoms with E-state index in [9.17, 15) is 9.59 Å². The van der Waals surface area contributed by atoms with Gasteiger partial charge in [-0.15, -0.1) is 11.8 Å². The number of hydrogen-bond acceptors (Lipinski definition) is 3. The number of benzene rings is 3. The first-order valence-electron chi connectivity index (χ1n) is 8.97. The minimum absolute atomic E-state index is 0.0360. The molecule has 3 aromatic rings. The van der Waals surface area contributed by atoms with Crippen molar-refractivity contribution in [3.63, 3.8) is 0 Å². The highest BCUT2D eigenvalue weighted by molar-refractivity contribution is 8.00. The molecule has 0 saturated carbocycles. The van der Waals surface area contributed by atoms with Gasteiger partial charge in [-0.25, -0.2) is 0 Å². The van der Waals surface area contributed by atoms with Crippen LogP contribution in [-0.2, 0) is 4.79 Å². The molecular weight excluding hydrogens is 366 g/mol. The average molecular weight is 388 g/mol. The topological polar surface area (TPSA) is 46.2 Å². The summed E-state index contributed by atoms with van der Waals surface area (Å²) in [7, 11) is 0. The molecule has 3 rings (SSSR count). The maximum absolute atomic E-state index is 12.1. The Morgan fingerprint density at radius 2 is 1.57 bits per heavy atom. The Bertz CT molecular complexity index is 962. The molecule has 140 valence electrons. The molecule has 0 bridgehead atoms. The molecule has 28 heavy (non-hydrogen) atoms. The van der Waals surface area contributed by atoms with Gasteiger partial charge in [-0.05, 0) is 42.8 Å². The van der Waals surface area contributed by atoms with Crippen molar-refractivity contribution in [1.82, 2.24) is 0 Å². The van der Waals surface area contributed by atoms with Crippen LogP contribution in [0.25, 0.3) is 6.08 Å². The maximum atomic E-state index is 12.1. The molecule has 0 aliphatic rings. The number of carbonyl (C=O) groups excluding carboxylic acids is 2. The second kappa shape index (κ2) is 9.72. The van der Waals surface area contributed by atoms with Gasteiger partial charge >= 0.3 is 0 Å². The molecule has 1 amide bonds. The van der Waals surface area contributed by atoms with Crippen LogP contribution < -0.4 is 5.32 Å². The summed E-state index contributed by atoms with van der Waals surface area (Å²) in [4.78, 5) is 25.3. The molecule has 0 heterocycles. The van der Waals surface area contributed by atoms with Gasteiger partial charge in [-0.3, -0.25) is 9.59 Å². The molecule has 0 atom stereocenters. The van der Waals surface area contributed by atoms with Crippen LogP contribution in [0, 0.1) is 6.92 Å². The van der Waals surface area contributed by atoms with Gasteiger partial charge in [0.25, 0.3) is 0 Å². The number of allylic oxidation sites excluding steroid dienone is 1. The fourth-order valence-electron chi connectivity index (χ4n) is 2.53. The number of ketones is 1. The van der Waals surface area contributed by atoms with Crippen molar-refractivity contribution in [2.45, 2.75) is 11.8 Å². The van der Waals surface area contributed by atoms with Crippen LogP contribution in [0.2, 0.25) is 0 Å². The van der Waals surface area contributed by atoms with E-state index in [1.54, 1.807) is 24.3 Å². The van der Waals surface area contributed by atoms with Crippen molar-refractivity contribution >= 4 is 35.2 Å². The number of nitrogens with one attached hydrogen (secondary N) is 1. The van der Waals surface area contributed by atoms with Crippen molar-refractivity contribution in [2.75, 3.05) is 11.1 Å². The minimum Gasteiger partial charge on any atom is -0.325 e. The summed E-state index contributed by atoms with van der Waals surface area (Å²) in [5, 5.41) is 2.89. The number of rotatable bonds is 7. The summed E-state index contributed by atoms with van der Waals surface area (Å²) in [6.45, 7) is 2.04. The number of anilines is 1. The van der Waals surface area contributed by atoms with Gasteiger partial charge in [-0.1, -0.05) is 66.2 Å². The third-order valence-corrected chi connectivity index (χ3v) is 5.08. The normalized spacial score (nSPS) is 10.8. The van der Waals surface area contributed by atoms with E-state index < -0.39 is 0 Å². The lowest BCUT2D eigenvalue weighted by molar-refractivity contribution is -0.113. The van der Waals surface area contributed by atoms with Gasteiger partial charge < -0.3 is 5.32 Å². The highest BCUT2D eigenvalue weighted by Crippen LogP contribution is 2.19. The third-order valence-electron chi connectivity index (χ3n) is 4.07. The average Bonchev–Trinajstić information content (AvgIpc) is 2.73. The fraction of sp³-hybridized carbons (Fsp3) is 0.0833. The van der Waals surface area contributed by atoms with E-state index in [0.717, 1.165) is 16.1 Å². The van der Waals surface area contributed by atoms with Gasteiger partial charge in [0.15, 0.2) is 5.78 Å². The first kappa shape index (κ1) is 19.6. The Labute approximate surface area is 169 Å². The molecule has 0 fully saturated rings. The van der Waals surface area contributed by atoms with Crippen LogP contribution in [0.5, 0.6) is 0 Å². The zero-order valence-electron chi connectivity index (χ0n) is 15.6. The number of amides is 1. The van der Waals surface area contributed by atoms with Crippen LogP contribution in [0.3, 0.4) is 0 Å². The molecule has 4 heteroatoms. The molecule has 0 unspecified atom stereocenters. The van der Waals surface area contributed by atoms with Gasteiger partial charge in [0, 0.05) is 16.1 Å². The second-order valence-electron chi connectivity index (χ2n) is 6.34. The third kappa shape index (κ3) is 5.96. The Hall–Kier alpha value is -3.11. The zero-order chi connectivity index (χ0) is 19.8. The summed E-state index contributed by atoms with van der Waals surface area (Å²) < 4.78 is 0. The molecule has 0 aliphatic carbocycles. The number of hydrogen-bond donors (Lipinski definition) is 1. The number of aryl methyl sites for hydroxylation is 1. The molecule has 3 nitrogen and oxygen atoms in total. The lowest BCUT2D eigenvalue weighted by Crippen LogP contribution is -2.13. The molecule has 0 aliphatic heterocycles. The summed E-state index contributed by atoms with van der Waals surface area (Å²) in [5.41, 5.74) is 3.50. The van der Waals surface area contributed by atoms with Crippen LogP contribution in [-0.4, -0.2) is 17.4 Å². The SMILES string of the molecule is Cc1ccc(SCC(=O)Nc2ccc(/C=C/C(=O)c3ccccc3)cc2)cc1. The molecule has 3 aromatic carbocycles. The zero-order valence-corrected chi connectivity index (χ0v) is 16.4. The van der Waals surface area contributed by atoms with Crippen LogP contribution in [0.1, 0.15) is 21.5 Å². The lowest BCUT2D eigenvalue weighted by atomic mass is 10.1. The van der Waals surface area contributed by atoms with Crippen molar-refractivity contribution in [3.05, 3.63) is 102 Å². The quantitative estimate of drug-likeness (QED) is 0.325. The van der Waals surface area contributed by atoms with Gasteiger partial charge in [0.1, 0.15) is 0 Å². The summed E-state index contributed by atoms with van der Waals surface area (Å²) in [6, 6.07) is 24.7. The van der Waals surface area contributed by atoms with Crippen molar-refractivity contribution in [2.24, 2.45) is 0 Å². The maximum Gasteiger partial charge on any atom is 0.234 e. The van der Waals surface area contributed by atoms with Crippen molar-refractivity contribution < 1.29 is 9.59 Å². The van der Waals surface area contributed by atoms with Gasteiger partial charge in [0.2, 0.25) is 5.91 Å². The molecule has 0 radical (unpaired) electrons. The molecule has 1 N–H and O–H groups in total. The van der Waals surface area contributed by atoms with E-state index in [-0.39, 0.29) is 11.7 Å². The monoisotopic (exact) mass is 387 g/mol. The molecular formula is C24H21NO2S. The fourth-order valence-corrected chi connectivity index (χ4v) is 3.23. The Balaban J connectivity index is 1.51. The van der Waals surface area contributed by atoms with Crippen molar-refractivity contribution in [3.8, 4) is 0 Å². The Morgan fingerprint density at radius 3 is 2.25 bits per heavy atom. The molecule has 0 saturated heterocycles. The Kier molecular flexibility index (Phi) is 6.82. The first-order chi connectivity index (χ1) is 13.6. The van der Waals surface area contributed by atoms with Crippen LogP contribution in [0.4, 0.5) is 5.69 Å². The largest absolute Gasteiger partial charge is 0.325 e. The van der Waals surface area contributed by atoms with Crippen LogP contribution >= 0.6 is 11.8 Å². The predicted molar refractivity (Wildman–Crippen MR) is 117 cm³/mol. The van der Waals surface area contributed by atoms with Gasteiger partial charge in [-0.2, -0.15) is 0 Å². The summed E-state index contributed by atoms with van der Waals surface area (Å²) in [6.07, 6.45) is 3.33. The second-order valence-corrected chi connectivity index (χ2v) is 7.38. The first-order valence-corrected chi connectivity index (χ1v) is 9.95. The molecule has 0 aromatic heterocycles. The standard InChI is InChI=1S/C24H21NO2S/c1-18-7-14-22(15-8-18)28-17-24(27)25-21-12-9-19(10-13-21)11-16-23(26)20-5-3-2-4-6-20/h2-16H,17H2,1H3,(H,25,27)/b16-11+. The van der Waals surface area contributed by atoms with E-state index in [1.807, 2.05) is 73.7 Å². The van der Waals surface area contributed by atoms with E-state index in [2.05, 4.69) is 5.32 Å². The highest BCUT2D eigenvalue weighted by Gasteiger charge is 2.04. The van der Waals surface area contributed by atoms with Crippen LogP contribution in [0.15, 0.2) is 89.8 Å².